The number of anilines is 1. The summed E-state index contributed by atoms with van der Waals surface area (Å²) < 4.78 is 0. The van der Waals surface area contributed by atoms with E-state index in [-0.39, 0.29) is 17.5 Å². The number of hydrogen-bond acceptors (Lipinski definition) is 3. The van der Waals surface area contributed by atoms with Gasteiger partial charge < -0.3 is 15.5 Å². The maximum Gasteiger partial charge on any atom is 0.336 e. The van der Waals surface area contributed by atoms with Crippen LogP contribution in [0.4, 0.5) is 5.69 Å². The lowest BCUT2D eigenvalue weighted by Crippen LogP contribution is -2.08. The highest BCUT2D eigenvalue weighted by atomic mass is 16.4. The molecule has 84 valence electrons. The third-order valence-corrected chi connectivity index (χ3v) is 1.91. The molecule has 1 amide bonds. The van der Waals surface area contributed by atoms with Crippen LogP contribution in [0.15, 0.2) is 18.2 Å². The van der Waals surface area contributed by atoms with Crippen LogP contribution in [0.2, 0.25) is 0 Å². The Bertz CT molecular complexity index is 441. The summed E-state index contributed by atoms with van der Waals surface area (Å²) in [5, 5.41) is 19.7. The van der Waals surface area contributed by atoms with Gasteiger partial charge in [0.15, 0.2) is 0 Å². The Kier molecular flexibility index (Phi) is 3.60. The molecule has 0 aliphatic carbocycles. The van der Waals surface area contributed by atoms with Crippen molar-refractivity contribution in [3.8, 4) is 0 Å². The Balaban J connectivity index is 3.13. The van der Waals surface area contributed by atoms with Gasteiger partial charge in [-0.3, -0.25) is 9.59 Å². The zero-order chi connectivity index (χ0) is 12.1. The number of benzene rings is 1. The molecule has 0 unspecified atom stereocenters. The molecule has 0 radical (unpaired) electrons. The number of hydrogen-bond donors (Lipinski definition) is 3. The molecule has 0 saturated carbocycles. The zero-order valence-corrected chi connectivity index (χ0v) is 8.14. The van der Waals surface area contributed by atoms with Crippen molar-refractivity contribution in [1.82, 2.24) is 0 Å². The molecule has 16 heavy (non-hydrogen) atoms. The number of rotatable bonds is 5. The highest BCUT2D eigenvalue weighted by Gasteiger charge is 2.13. The first-order chi connectivity index (χ1) is 7.54. The van der Waals surface area contributed by atoms with E-state index in [9.17, 15) is 14.4 Å². The largest absolute Gasteiger partial charge is 0.481 e. The number of carboxylic acids is 2. The molecule has 3 N–H and O–H groups in total. The predicted molar refractivity (Wildman–Crippen MR) is 54.4 cm³/mol. The van der Waals surface area contributed by atoms with Crippen molar-refractivity contribution in [2.75, 3.05) is 5.32 Å². The van der Waals surface area contributed by atoms with E-state index in [4.69, 9.17) is 10.2 Å². The van der Waals surface area contributed by atoms with Crippen LogP contribution in [-0.2, 0) is 16.0 Å². The quantitative estimate of drug-likeness (QED) is 0.633. The Morgan fingerprint density at radius 2 is 2.00 bits per heavy atom. The number of aromatic carboxylic acids is 1. The van der Waals surface area contributed by atoms with Crippen LogP contribution < -0.4 is 5.32 Å². The molecule has 0 aromatic heterocycles. The molecule has 0 aliphatic heterocycles. The molecule has 0 saturated heterocycles. The summed E-state index contributed by atoms with van der Waals surface area (Å²) in [7, 11) is 0. The van der Waals surface area contributed by atoms with E-state index in [1.54, 1.807) is 0 Å². The predicted octanol–water partition coefficient (Wildman–Crippen LogP) is 0.580. The molecule has 6 nitrogen and oxygen atoms in total. The lowest BCUT2D eigenvalue weighted by Gasteiger charge is -2.06. The first-order valence-electron chi connectivity index (χ1n) is 4.32. The molecule has 0 heterocycles. The summed E-state index contributed by atoms with van der Waals surface area (Å²) in [5.74, 6) is -2.34. The van der Waals surface area contributed by atoms with Crippen LogP contribution in [0.25, 0.3) is 0 Å². The fourth-order valence-corrected chi connectivity index (χ4v) is 1.25. The molecule has 1 aromatic rings. The van der Waals surface area contributed by atoms with Gasteiger partial charge in [0, 0.05) is 5.69 Å². The van der Waals surface area contributed by atoms with E-state index in [1.807, 2.05) is 0 Å². The third kappa shape index (κ3) is 2.81. The van der Waals surface area contributed by atoms with Crippen molar-refractivity contribution in [2.24, 2.45) is 0 Å². The number of carboxylic acid groups (broad SMARTS) is 2. The Morgan fingerprint density at radius 3 is 2.50 bits per heavy atom. The van der Waals surface area contributed by atoms with E-state index in [0.717, 1.165) is 0 Å². The second-order valence-electron chi connectivity index (χ2n) is 3.01. The van der Waals surface area contributed by atoms with Crippen molar-refractivity contribution in [3.05, 3.63) is 29.3 Å². The third-order valence-electron chi connectivity index (χ3n) is 1.91. The topological polar surface area (TPSA) is 104 Å². The van der Waals surface area contributed by atoms with E-state index in [2.05, 4.69) is 5.32 Å². The van der Waals surface area contributed by atoms with Gasteiger partial charge in [0.1, 0.15) is 0 Å². The summed E-state index contributed by atoms with van der Waals surface area (Å²) in [6.45, 7) is 0. The minimum Gasteiger partial charge on any atom is -0.481 e. The summed E-state index contributed by atoms with van der Waals surface area (Å²) >= 11 is 0. The minimum atomic E-state index is -1.23. The molecule has 1 rings (SSSR count). The number of aliphatic carboxylic acids is 1. The molecular weight excluding hydrogens is 214 g/mol. The van der Waals surface area contributed by atoms with Crippen molar-refractivity contribution in [1.29, 1.82) is 0 Å². The summed E-state index contributed by atoms with van der Waals surface area (Å²) in [6, 6.07) is 4.03. The van der Waals surface area contributed by atoms with Gasteiger partial charge in [-0.15, -0.1) is 0 Å². The van der Waals surface area contributed by atoms with Gasteiger partial charge in [-0.25, -0.2) is 4.79 Å². The first-order valence-corrected chi connectivity index (χ1v) is 4.32. The van der Waals surface area contributed by atoms with Crippen molar-refractivity contribution in [2.45, 2.75) is 6.42 Å². The fraction of sp³-hybridized carbons (Fsp3) is 0.100. The number of carbonyl (C=O) groups is 3. The molecule has 0 atom stereocenters. The van der Waals surface area contributed by atoms with Crippen molar-refractivity contribution < 1.29 is 24.6 Å². The van der Waals surface area contributed by atoms with Crippen LogP contribution >= 0.6 is 0 Å². The number of carbonyl (C=O) groups excluding carboxylic acids is 1. The average Bonchev–Trinajstić information content (AvgIpc) is 2.19. The smallest absolute Gasteiger partial charge is 0.336 e. The minimum absolute atomic E-state index is 0.130. The van der Waals surface area contributed by atoms with Crippen molar-refractivity contribution >= 4 is 24.0 Å². The fourth-order valence-electron chi connectivity index (χ4n) is 1.25. The van der Waals surface area contributed by atoms with Crippen LogP contribution in [0.3, 0.4) is 0 Å². The van der Waals surface area contributed by atoms with Crippen LogP contribution in [0.5, 0.6) is 0 Å². The highest BCUT2D eigenvalue weighted by molar-refractivity contribution is 5.92. The highest BCUT2D eigenvalue weighted by Crippen LogP contribution is 2.16. The summed E-state index contributed by atoms with van der Waals surface area (Å²) in [4.78, 5) is 31.5. The summed E-state index contributed by atoms with van der Waals surface area (Å²) in [5.41, 5.74) is 0.368. The molecule has 6 heteroatoms. The molecule has 1 aromatic carbocycles. The SMILES string of the molecule is O=CNc1ccc(CC(=O)O)c(C(=O)O)c1. The second-order valence-corrected chi connectivity index (χ2v) is 3.01. The van der Waals surface area contributed by atoms with Gasteiger partial charge in [-0.2, -0.15) is 0 Å². The molecule has 0 bridgehead atoms. The zero-order valence-electron chi connectivity index (χ0n) is 8.14. The lowest BCUT2D eigenvalue weighted by molar-refractivity contribution is -0.136. The Hall–Kier alpha value is -2.37. The number of amides is 1. The van der Waals surface area contributed by atoms with Crippen LogP contribution in [0, 0.1) is 0 Å². The van der Waals surface area contributed by atoms with Crippen LogP contribution in [0.1, 0.15) is 15.9 Å². The van der Waals surface area contributed by atoms with E-state index in [1.165, 1.54) is 18.2 Å². The van der Waals surface area contributed by atoms with Gasteiger partial charge in [-0.1, -0.05) is 6.07 Å². The molecule has 0 fully saturated rings. The normalized spacial score (nSPS) is 9.50. The summed E-state index contributed by atoms with van der Waals surface area (Å²) in [6.07, 6.45) is 0.0425. The molecule has 0 spiro atoms. The van der Waals surface area contributed by atoms with Crippen molar-refractivity contribution in [3.63, 3.8) is 0 Å². The second kappa shape index (κ2) is 4.92. The van der Waals surface area contributed by atoms with Gasteiger partial charge in [0.25, 0.3) is 0 Å². The maximum atomic E-state index is 10.9. The standard InChI is InChI=1S/C10H9NO5/c12-5-11-7-2-1-6(3-9(13)14)8(4-7)10(15)16/h1-2,4-5H,3H2,(H,11,12)(H,13,14)(H,15,16). The average molecular weight is 223 g/mol. The molecular formula is C10H9NO5. The van der Waals surface area contributed by atoms with E-state index >= 15 is 0 Å². The van der Waals surface area contributed by atoms with E-state index in [0.29, 0.717) is 12.1 Å². The van der Waals surface area contributed by atoms with Gasteiger partial charge in [0.2, 0.25) is 6.41 Å². The van der Waals surface area contributed by atoms with Gasteiger partial charge in [0.05, 0.1) is 12.0 Å². The Labute approximate surface area is 90.5 Å². The monoisotopic (exact) mass is 223 g/mol. The lowest BCUT2D eigenvalue weighted by atomic mass is 10.0. The van der Waals surface area contributed by atoms with Crippen LogP contribution in [-0.4, -0.2) is 28.6 Å². The Morgan fingerprint density at radius 1 is 1.31 bits per heavy atom. The number of nitrogens with one attached hydrogen (secondary N) is 1. The van der Waals surface area contributed by atoms with Gasteiger partial charge in [-0.05, 0) is 17.7 Å². The molecule has 0 aliphatic rings. The van der Waals surface area contributed by atoms with Gasteiger partial charge >= 0.3 is 11.9 Å². The van der Waals surface area contributed by atoms with E-state index < -0.39 is 11.9 Å². The maximum absolute atomic E-state index is 10.9. The first kappa shape index (κ1) is 11.7.